The van der Waals surface area contributed by atoms with Gasteiger partial charge < -0.3 is 18.5 Å². The quantitative estimate of drug-likeness (QED) is 0.236. The summed E-state index contributed by atoms with van der Waals surface area (Å²) in [5.41, 5.74) is -1.44. The molecule has 0 spiro atoms. The lowest BCUT2D eigenvalue weighted by Gasteiger charge is -2.39. The highest BCUT2D eigenvalue weighted by molar-refractivity contribution is 7.55. The molecule has 4 rings (SSSR count). The summed E-state index contributed by atoms with van der Waals surface area (Å²) in [4.78, 5) is 26.9. The van der Waals surface area contributed by atoms with Crippen LogP contribution >= 0.6 is 7.60 Å². The molecule has 7 unspecified atom stereocenters. The van der Waals surface area contributed by atoms with Crippen molar-refractivity contribution < 1.29 is 32.7 Å². The van der Waals surface area contributed by atoms with Crippen molar-refractivity contribution in [3.8, 4) is 0 Å². The summed E-state index contributed by atoms with van der Waals surface area (Å²) in [7, 11) is -3.94. The number of hydrogen-bond donors (Lipinski definition) is 0. The van der Waals surface area contributed by atoms with Crippen molar-refractivity contribution in [1.82, 2.24) is 0 Å². The van der Waals surface area contributed by atoms with Crippen LogP contribution in [0.4, 0.5) is 0 Å². The van der Waals surface area contributed by atoms with Gasteiger partial charge in [-0.2, -0.15) is 0 Å². The molecule has 0 aromatic heterocycles. The van der Waals surface area contributed by atoms with Crippen LogP contribution in [0.5, 0.6) is 0 Å². The van der Waals surface area contributed by atoms with Crippen molar-refractivity contribution in [2.24, 2.45) is 33.5 Å². The second-order valence-corrected chi connectivity index (χ2v) is 15.4. The van der Waals surface area contributed by atoms with Gasteiger partial charge in [-0.3, -0.25) is 14.2 Å². The molecule has 4 aliphatic rings. The van der Waals surface area contributed by atoms with E-state index >= 15 is 0 Å². The van der Waals surface area contributed by atoms with Crippen molar-refractivity contribution in [2.75, 3.05) is 13.2 Å². The number of rotatable bonds is 10. The van der Waals surface area contributed by atoms with Crippen LogP contribution < -0.4 is 0 Å². The summed E-state index contributed by atoms with van der Waals surface area (Å²) < 4.78 is 37.0. The topological polar surface area (TPSA) is 88.1 Å². The van der Waals surface area contributed by atoms with Crippen molar-refractivity contribution in [2.45, 2.75) is 118 Å². The van der Waals surface area contributed by atoms with E-state index in [4.69, 9.17) is 18.5 Å². The first-order valence-electron chi connectivity index (χ1n) is 13.9. The van der Waals surface area contributed by atoms with E-state index in [9.17, 15) is 14.2 Å². The van der Waals surface area contributed by atoms with E-state index in [-0.39, 0.29) is 53.5 Å². The van der Waals surface area contributed by atoms with Crippen LogP contribution in [-0.4, -0.2) is 43.0 Å². The summed E-state index contributed by atoms with van der Waals surface area (Å²) >= 11 is 0. The Bertz CT molecular complexity index is 919. The number of carbonyl (C=O) groups is 2. The van der Waals surface area contributed by atoms with E-state index in [1.165, 1.54) is 0 Å². The minimum atomic E-state index is -3.94. The van der Waals surface area contributed by atoms with Gasteiger partial charge in [-0.25, -0.2) is 0 Å². The largest absolute Gasteiger partial charge is 0.462 e. The summed E-state index contributed by atoms with van der Waals surface area (Å²) in [5, 5.41) is 0. The standard InChI is InChI=1S/C28H47O7P/c1-9-32-36(31,33-10-2)20(24(30)35-22-16-19-12-14-28(22,8)26(19,5)6)17-23(29)34-21-15-18-11-13-27(21,7)25(18,3)4/h18-22H,9-17H2,1-8H3. The lowest BCUT2D eigenvalue weighted by Crippen LogP contribution is -2.42. The summed E-state index contributed by atoms with van der Waals surface area (Å²) in [6.45, 7) is 17.0. The first-order chi connectivity index (χ1) is 16.7. The Morgan fingerprint density at radius 2 is 1.25 bits per heavy atom. The van der Waals surface area contributed by atoms with E-state index in [0.29, 0.717) is 11.8 Å². The highest BCUT2D eigenvalue weighted by Gasteiger charge is 2.64. The van der Waals surface area contributed by atoms with Gasteiger partial charge in [0.25, 0.3) is 0 Å². The Balaban J connectivity index is 1.52. The number of esters is 2. The highest BCUT2D eigenvalue weighted by Crippen LogP contribution is 2.67. The molecule has 4 aliphatic carbocycles. The Morgan fingerprint density at radius 1 is 0.806 bits per heavy atom. The van der Waals surface area contributed by atoms with Gasteiger partial charge in [-0.1, -0.05) is 41.5 Å². The fourth-order valence-electron chi connectivity index (χ4n) is 8.10. The minimum absolute atomic E-state index is 0.0555. The monoisotopic (exact) mass is 526 g/mol. The van der Waals surface area contributed by atoms with Gasteiger partial charge >= 0.3 is 19.5 Å². The maximum Gasteiger partial charge on any atom is 0.345 e. The molecule has 4 saturated carbocycles. The number of ether oxygens (including phenoxy) is 2. The molecule has 4 fully saturated rings. The molecular weight excluding hydrogens is 479 g/mol. The third kappa shape index (κ3) is 4.11. The van der Waals surface area contributed by atoms with Crippen molar-refractivity contribution in [3.63, 3.8) is 0 Å². The van der Waals surface area contributed by atoms with Gasteiger partial charge in [-0.05, 0) is 75.0 Å². The smallest absolute Gasteiger partial charge is 0.345 e. The Hall–Kier alpha value is -0.910. The molecule has 0 aliphatic heterocycles. The average molecular weight is 527 g/mol. The van der Waals surface area contributed by atoms with Gasteiger partial charge in [0.1, 0.15) is 12.2 Å². The van der Waals surface area contributed by atoms with E-state index in [1.54, 1.807) is 13.8 Å². The lowest BCUT2D eigenvalue weighted by molar-refractivity contribution is -0.164. The predicted octanol–water partition coefficient (Wildman–Crippen LogP) is 6.53. The van der Waals surface area contributed by atoms with E-state index in [0.717, 1.165) is 38.5 Å². The van der Waals surface area contributed by atoms with E-state index in [2.05, 4.69) is 41.5 Å². The Kier molecular flexibility index (Phi) is 7.32. The zero-order chi connectivity index (χ0) is 26.7. The number of carbonyl (C=O) groups excluding carboxylic acids is 2. The van der Waals surface area contributed by atoms with Crippen molar-refractivity contribution in [3.05, 3.63) is 0 Å². The van der Waals surface area contributed by atoms with Crippen LogP contribution in [0.15, 0.2) is 0 Å². The molecular formula is C28H47O7P. The molecule has 7 atom stereocenters. The zero-order valence-electron chi connectivity index (χ0n) is 23.6. The SMILES string of the molecule is CCOP(=O)(OCC)C(CC(=O)OC1CC2CCC1(C)C2(C)C)C(=O)OC1CC2CCC1(C)C2(C)C. The second kappa shape index (κ2) is 9.38. The fourth-order valence-corrected chi connectivity index (χ4v) is 9.95. The van der Waals surface area contributed by atoms with Crippen LogP contribution in [0.25, 0.3) is 0 Å². The molecule has 0 radical (unpaired) electrons. The fraction of sp³-hybridized carbons (Fsp3) is 0.929. The molecule has 0 aromatic carbocycles. The normalized spacial score (nSPS) is 38.8. The van der Waals surface area contributed by atoms with Crippen LogP contribution in [0, 0.1) is 33.5 Å². The molecule has 0 aromatic rings. The van der Waals surface area contributed by atoms with Crippen molar-refractivity contribution >= 4 is 19.5 Å². The molecule has 0 saturated heterocycles. The van der Waals surface area contributed by atoms with Crippen LogP contribution in [0.1, 0.15) is 100 Å². The lowest BCUT2D eigenvalue weighted by atomic mass is 9.70. The van der Waals surface area contributed by atoms with Gasteiger partial charge in [-0.15, -0.1) is 0 Å². The number of hydrogen-bond acceptors (Lipinski definition) is 7. The molecule has 0 amide bonds. The van der Waals surface area contributed by atoms with Crippen LogP contribution in [0.3, 0.4) is 0 Å². The third-order valence-electron chi connectivity index (χ3n) is 11.6. The molecule has 7 nitrogen and oxygen atoms in total. The number of fused-ring (bicyclic) bond motifs is 4. The van der Waals surface area contributed by atoms with Gasteiger partial charge in [0.2, 0.25) is 0 Å². The zero-order valence-corrected chi connectivity index (χ0v) is 24.5. The average Bonchev–Trinajstić information content (AvgIpc) is 3.30. The molecule has 8 heteroatoms. The maximum absolute atomic E-state index is 13.8. The Labute approximate surface area is 217 Å². The van der Waals surface area contributed by atoms with Gasteiger partial charge in [0, 0.05) is 10.8 Å². The van der Waals surface area contributed by atoms with E-state index in [1.807, 2.05) is 0 Å². The summed E-state index contributed by atoms with van der Waals surface area (Å²) in [6, 6.07) is 0. The van der Waals surface area contributed by atoms with Gasteiger partial charge in [0.15, 0.2) is 5.66 Å². The minimum Gasteiger partial charge on any atom is -0.462 e. The van der Waals surface area contributed by atoms with Gasteiger partial charge in [0.05, 0.1) is 19.6 Å². The Morgan fingerprint density at radius 3 is 1.61 bits per heavy atom. The molecule has 36 heavy (non-hydrogen) atoms. The van der Waals surface area contributed by atoms with E-state index < -0.39 is 25.2 Å². The predicted molar refractivity (Wildman–Crippen MR) is 137 cm³/mol. The third-order valence-corrected chi connectivity index (χ3v) is 14.0. The molecule has 0 N–H and O–H groups in total. The maximum atomic E-state index is 13.8. The first-order valence-corrected chi connectivity index (χ1v) is 15.6. The molecule has 4 bridgehead atoms. The van der Waals surface area contributed by atoms with Crippen molar-refractivity contribution in [1.29, 1.82) is 0 Å². The molecule has 0 heterocycles. The van der Waals surface area contributed by atoms with Crippen LogP contribution in [-0.2, 0) is 32.7 Å². The first kappa shape index (κ1) is 28.1. The van der Waals surface area contributed by atoms with Crippen LogP contribution in [0.2, 0.25) is 0 Å². The molecule has 206 valence electrons. The summed E-state index contributed by atoms with van der Waals surface area (Å²) in [5.74, 6) is -0.214. The second-order valence-electron chi connectivity index (χ2n) is 13.2. The highest BCUT2D eigenvalue weighted by atomic mass is 31.2. The summed E-state index contributed by atoms with van der Waals surface area (Å²) in [6.07, 6.45) is 5.03.